The number of nitrogens with zero attached hydrogens (tertiary/aromatic N) is 3. The molecule has 1 aliphatic heterocycles. The van der Waals surface area contributed by atoms with Gasteiger partial charge in [-0.2, -0.15) is 0 Å². The number of aromatic nitrogens is 2. The monoisotopic (exact) mass is 257 g/mol. The van der Waals surface area contributed by atoms with Crippen LogP contribution in [0.25, 0.3) is 0 Å². The van der Waals surface area contributed by atoms with Crippen molar-refractivity contribution in [1.29, 1.82) is 0 Å². The van der Waals surface area contributed by atoms with Crippen LogP contribution in [0.15, 0.2) is 43.0 Å². The van der Waals surface area contributed by atoms with Crippen molar-refractivity contribution in [3.63, 3.8) is 0 Å². The van der Waals surface area contributed by atoms with Crippen LogP contribution in [0.2, 0.25) is 0 Å². The Bertz CT molecular complexity index is 527. The van der Waals surface area contributed by atoms with E-state index in [1.165, 1.54) is 6.33 Å². The predicted octanol–water partition coefficient (Wildman–Crippen LogP) is 2.11. The SMILES string of the molecule is c1cc(Oc2cncnc2)cc(N2CCOCC2)c1. The van der Waals surface area contributed by atoms with Crippen LogP contribution in [-0.2, 0) is 4.74 Å². The van der Waals surface area contributed by atoms with E-state index in [2.05, 4.69) is 20.9 Å². The van der Waals surface area contributed by atoms with Gasteiger partial charge in [0.2, 0.25) is 0 Å². The molecule has 0 unspecified atom stereocenters. The minimum Gasteiger partial charge on any atom is -0.454 e. The van der Waals surface area contributed by atoms with Crippen LogP contribution in [0, 0.1) is 0 Å². The first-order chi connectivity index (χ1) is 9.42. The molecular formula is C14H15N3O2. The maximum absolute atomic E-state index is 5.73. The Labute approximate surface area is 111 Å². The second-order valence-electron chi connectivity index (χ2n) is 4.27. The van der Waals surface area contributed by atoms with Crippen molar-refractivity contribution in [3.05, 3.63) is 43.0 Å². The van der Waals surface area contributed by atoms with Crippen LogP contribution in [-0.4, -0.2) is 36.3 Å². The van der Waals surface area contributed by atoms with Crippen molar-refractivity contribution < 1.29 is 9.47 Å². The van der Waals surface area contributed by atoms with Gasteiger partial charge in [-0.3, -0.25) is 0 Å². The van der Waals surface area contributed by atoms with Crippen LogP contribution < -0.4 is 9.64 Å². The summed E-state index contributed by atoms with van der Waals surface area (Å²) < 4.78 is 11.1. The Balaban J connectivity index is 1.76. The lowest BCUT2D eigenvalue weighted by Crippen LogP contribution is -2.36. The molecule has 0 N–H and O–H groups in total. The summed E-state index contributed by atoms with van der Waals surface area (Å²) >= 11 is 0. The van der Waals surface area contributed by atoms with Gasteiger partial charge in [-0.15, -0.1) is 0 Å². The van der Waals surface area contributed by atoms with Crippen molar-refractivity contribution in [2.45, 2.75) is 0 Å². The second-order valence-corrected chi connectivity index (χ2v) is 4.27. The van der Waals surface area contributed by atoms with E-state index in [0.29, 0.717) is 5.75 Å². The van der Waals surface area contributed by atoms with Crippen LogP contribution in [0.3, 0.4) is 0 Å². The Hall–Kier alpha value is -2.14. The van der Waals surface area contributed by atoms with E-state index >= 15 is 0 Å². The third-order valence-corrected chi connectivity index (χ3v) is 2.97. The summed E-state index contributed by atoms with van der Waals surface area (Å²) in [6.45, 7) is 3.38. The molecule has 5 heteroatoms. The molecule has 1 aromatic heterocycles. The molecule has 0 saturated carbocycles. The van der Waals surface area contributed by atoms with Crippen LogP contribution >= 0.6 is 0 Å². The molecule has 0 atom stereocenters. The fourth-order valence-electron chi connectivity index (χ4n) is 2.04. The first kappa shape index (κ1) is 11.9. The van der Waals surface area contributed by atoms with E-state index < -0.39 is 0 Å². The minimum atomic E-state index is 0.640. The molecule has 1 fully saturated rings. The van der Waals surface area contributed by atoms with Gasteiger partial charge in [-0.05, 0) is 12.1 Å². The molecule has 5 nitrogen and oxygen atoms in total. The molecule has 0 aliphatic carbocycles. The van der Waals surface area contributed by atoms with Crippen molar-refractivity contribution in [3.8, 4) is 11.5 Å². The lowest BCUT2D eigenvalue weighted by molar-refractivity contribution is 0.122. The van der Waals surface area contributed by atoms with E-state index in [-0.39, 0.29) is 0 Å². The summed E-state index contributed by atoms with van der Waals surface area (Å²) in [6.07, 6.45) is 4.78. The van der Waals surface area contributed by atoms with Gasteiger partial charge in [0.25, 0.3) is 0 Å². The first-order valence-electron chi connectivity index (χ1n) is 6.27. The van der Waals surface area contributed by atoms with Gasteiger partial charge in [-0.25, -0.2) is 9.97 Å². The molecule has 1 aromatic carbocycles. The molecule has 1 aliphatic rings. The minimum absolute atomic E-state index is 0.640. The van der Waals surface area contributed by atoms with Gasteiger partial charge in [0, 0.05) is 24.8 Å². The maximum Gasteiger partial charge on any atom is 0.163 e. The van der Waals surface area contributed by atoms with E-state index in [0.717, 1.165) is 37.7 Å². The first-order valence-corrected chi connectivity index (χ1v) is 6.27. The average Bonchev–Trinajstić information content (AvgIpc) is 2.49. The Morgan fingerprint density at radius 1 is 1.05 bits per heavy atom. The van der Waals surface area contributed by atoms with Crippen molar-refractivity contribution in [1.82, 2.24) is 9.97 Å². The standard InChI is InChI=1S/C14H15N3O2/c1-2-12(17-4-6-18-7-5-17)8-13(3-1)19-14-9-15-11-16-10-14/h1-3,8-11H,4-7H2. The number of benzene rings is 1. The summed E-state index contributed by atoms with van der Waals surface area (Å²) in [5, 5.41) is 0. The van der Waals surface area contributed by atoms with Gasteiger partial charge >= 0.3 is 0 Å². The van der Waals surface area contributed by atoms with Gasteiger partial charge in [0.15, 0.2) is 5.75 Å². The number of morpholine rings is 1. The largest absolute Gasteiger partial charge is 0.454 e. The van der Waals surface area contributed by atoms with Gasteiger partial charge in [0.05, 0.1) is 25.6 Å². The van der Waals surface area contributed by atoms with Crippen LogP contribution in [0.5, 0.6) is 11.5 Å². The molecular weight excluding hydrogens is 242 g/mol. The van der Waals surface area contributed by atoms with E-state index in [1.807, 2.05) is 18.2 Å². The number of rotatable bonds is 3. The molecule has 2 aromatic rings. The highest BCUT2D eigenvalue weighted by Crippen LogP contribution is 2.25. The Morgan fingerprint density at radius 2 is 1.84 bits per heavy atom. The van der Waals surface area contributed by atoms with Crippen molar-refractivity contribution in [2.24, 2.45) is 0 Å². The summed E-state index contributed by atoms with van der Waals surface area (Å²) in [5.74, 6) is 1.43. The molecule has 19 heavy (non-hydrogen) atoms. The smallest absolute Gasteiger partial charge is 0.163 e. The molecule has 3 rings (SSSR count). The number of anilines is 1. The third kappa shape index (κ3) is 3.00. The predicted molar refractivity (Wildman–Crippen MR) is 71.6 cm³/mol. The molecule has 2 heterocycles. The topological polar surface area (TPSA) is 47.5 Å². The van der Waals surface area contributed by atoms with Crippen LogP contribution in [0.4, 0.5) is 5.69 Å². The maximum atomic E-state index is 5.73. The molecule has 0 amide bonds. The van der Waals surface area contributed by atoms with Gasteiger partial charge < -0.3 is 14.4 Å². The van der Waals surface area contributed by atoms with E-state index in [9.17, 15) is 0 Å². The third-order valence-electron chi connectivity index (χ3n) is 2.97. The normalized spacial score (nSPS) is 15.3. The van der Waals surface area contributed by atoms with Crippen LogP contribution in [0.1, 0.15) is 0 Å². The Kier molecular flexibility index (Phi) is 3.56. The fraction of sp³-hybridized carbons (Fsp3) is 0.286. The molecule has 0 bridgehead atoms. The molecule has 1 saturated heterocycles. The van der Waals surface area contributed by atoms with Crippen molar-refractivity contribution in [2.75, 3.05) is 31.2 Å². The zero-order chi connectivity index (χ0) is 12.9. The highest BCUT2D eigenvalue weighted by atomic mass is 16.5. The highest BCUT2D eigenvalue weighted by Gasteiger charge is 2.11. The second kappa shape index (κ2) is 5.67. The lowest BCUT2D eigenvalue weighted by Gasteiger charge is -2.29. The number of ether oxygens (including phenoxy) is 2. The fourth-order valence-corrected chi connectivity index (χ4v) is 2.04. The molecule has 0 spiro atoms. The van der Waals surface area contributed by atoms with E-state index in [1.54, 1.807) is 12.4 Å². The summed E-state index contributed by atoms with van der Waals surface area (Å²) in [4.78, 5) is 10.1. The quantitative estimate of drug-likeness (QED) is 0.842. The van der Waals surface area contributed by atoms with Gasteiger partial charge in [0.1, 0.15) is 12.1 Å². The average molecular weight is 257 g/mol. The lowest BCUT2D eigenvalue weighted by atomic mass is 10.2. The molecule has 0 radical (unpaired) electrons. The highest BCUT2D eigenvalue weighted by molar-refractivity contribution is 5.51. The summed E-state index contributed by atoms with van der Waals surface area (Å²) in [5.41, 5.74) is 1.15. The zero-order valence-corrected chi connectivity index (χ0v) is 10.5. The van der Waals surface area contributed by atoms with E-state index in [4.69, 9.17) is 9.47 Å². The number of hydrogen-bond donors (Lipinski definition) is 0. The zero-order valence-electron chi connectivity index (χ0n) is 10.5. The van der Waals surface area contributed by atoms with Crippen molar-refractivity contribution >= 4 is 5.69 Å². The molecule has 98 valence electrons. The van der Waals surface area contributed by atoms with Gasteiger partial charge in [-0.1, -0.05) is 6.07 Å². The number of hydrogen-bond acceptors (Lipinski definition) is 5. The summed E-state index contributed by atoms with van der Waals surface area (Å²) in [7, 11) is 0. The summed E-state index contributed by atoms with van der Waals surface area (Å²) in [6, 6.07) is 8.03. The Morgan fingerprint density at radius 3 is 2.63 bits per heavy atom.